The molecule has 0 bridgehead atoms. The second-order valence-corrected chi connectivity index (χ2v) is 5.25. The van der Waals surface area contributed by atoms with E-state index in [1.807, 2.05) is 45.0 Å². The van der Waals surface area contributed by atoms with E-state index < -0.39 is 6.04 Å². The van der Waals surface area contributed by atoms with Crippen molar-refractivity contribution in [1.82, 2.24) is 0 Å². The number of aliphatic hydroxyl groups is 1. The van der Waals surface area contributed by atoms with Gasteiger partial charge in [0.05, 0.1) is 12.6 Å². The number of carbonyl (C=O) groups excluding carboxylic acids is 1. The topological polar surface area (TPSA) is 78.6 Å². The molecule has 0 aromatic heterocycles. The number of rotatable bonds is 8. The third-order valence-corrected chi connectivity index (χ3v) is 3.81. The highest BCUT2D eigenvalue weighted by Crippen LogP contribution is 2.18. The van der Waals surface area contributed by atoms with Crippen LogP contribution in [0.3, 0.4) is 0 Å². The van der Waals surface area contributed by atoms with Gasteiger partial charge in [0, 0.05) is 24.5 Å². The molecule has 118 valence electrons. The predicted octanol–water partition coefficient (Wildman–Crippen LogP) is 1.82. The SMILES string of the molecule is CCC(C)C(N)C(=O)Nc1ccc(N(CC)CCO)cc1. The average molecular weight is 293 g/mol. The highest BCUT2D eigenvalue weighted by Gasteiger charge is 2.19. The zero-order chi connectivity index (χ0) is 15.8. The van der Waals surface area contributed by atoms with Crippen LogP contribution in [0.15, 0.2) is 24.3 Å². The lowest BCUT2D eigenvalue weighted by atomic mass is 9.99. The molecule has 2 unspecified atom stereocenters. The van der Waals surface area contributed by atoms with Gasteiger partial charge in [0.15, 0.2) is 0 Å². The Bertz CT molecular complexity index is 434. The molecule has 5 heteroatoms. The first-order chi connectivity index (χ1) is 10.0. The monoisotopic (exact) mass is 293 g/mol. The molecule has 4 N–H and O–H groups in total. The van der Waals surface area contributed by atoms with Crippen LogP contribution in [0.25, 0.3) is 0 Å². The Labute approximate surface area is 127 Å². The fraction of sp³-hybridized carbons (Fsp3) is 0.562. The van der Waals surface area contributed by atoms with Crippen molar-refractivity contribution in [2.24, 2.45) is 11.7 Å². The van der Waals surface area contributed by atoms with Crippen molar-refractivity contribution in [2.45, 2.75) is 33.2 Å². The maximum atomic E-state index is 12.0. The Balaban J connectivity index is 2.68. The van der Waals surface area contributed by atoms with Crippen molar-refractivity contribution in [3.63, 3.8) is 0 Å². The van der Waals surface area contributed by atoms with Gasteiger partial charge in [-0.15, -0.1) is 0 Å². The number of benzene rings is 1. The number of anilines is 2. The molecule has 0 heterocycles. The van der Waals surface area contributed by atoms with Crippen LogP contribution in [-0.4, -0.2) is 36.8 Å². The molecule has 0 saturated carbocycles. The molecule has 1 amide bonds. The number of carbonyl (C=O) groups is 1. The number of hydrogen-bond acceptors (Lipinski definition) is 4. The Morgan fingerprint density at radius 1 is 1.33 bits per heavy atom. The molecule has 21 heavy (non-hydrogen) atoms. The van der Waals surface area contributed by atoms with Crippen LogP contribution in [0.1, 0.15) is 27.2 Å². The molecule has 0 spiro atoms. The summed E-state index contributed by atoms with van der Waals surface area (Å²) in [5.41, 5.74) is 7.67. The first-order valence-electron chi connectivity index (χ1n) is 7.55. The smallest absolute Gasteiger partial charge is 0.241 e. The van der Waals surface area contributed by atoms with Gasteiger partial charge in [-0.1, -0.05) is 20.3 Å². The maximum absolute atomic E-state index is 12.0. The van der Waals surface area contributed by atoms with Gasteiger partial charge in [-0.3, -0.25) is 4.79 Å². The van der Waals surface area contributed by atoms with Gasteiger partial charge in [-0.05, 0) is 37.1 Å². The molecule has 5 nitrogen and oxygen atoms in total. The van der Waals surface area contributed by atoms with Gasteiger partial charge < -0.3 is 21.1 Å². The number of likely N-dealkylation sites (N-methyl/N-ethyl adjacent to an activating group) is 1. The number of hydrogen-bond donors (Lipinski definition) is 3. The minimum Gasteiger partial charge on any atom is -0.395 e. The summed E-state index contributed by atoms with van der Waals surface area (Å²) in [4.78, 5) is 14.1. The summed E-state index contributed by atoms with van der Waals surface area (Å²) in [7, 11) is 0. The maximum Gasteiger partial charge on any atom is 0.241 e. The molecule has 1 aromatic carbocycles. The number of aliphatic hydroxyl groups excluding tert-OH is 1. The standard InChI is InChI=1S/C16H27N3O2/c1-4-12(3)15(17)16(21)18-13-6-8-14(9-7-13)19(5-2)10-11-20/h6-9,12,15,20H,4-5,10-11,17H2,1-3H3,(H,18,21). The lowest BCUT2D eigenvalue weighted by Crippen LogP contribution is -2.40. The van der Waals surface area contributed by atoms with E-state index in [4.69, 9.17) is 10.8 Å². The molecule has 0 aliphatic carbocycles. The average Bonchev–Trinajstić information content (AvgIpc) is 2.51. The summed E-state index contributed by atoms with van der Waals surface area (Å²) >= 11 is 0. The molecule has 0 radical (unpaired) electrons. The lowest BCUT2D eigenvalue weighted by molar-refractivity contribution is -0.118. The van der Waals surface area contributed by atoms with E-state index in [1.165, 1.54) is 0 Å². The van der Waals surface area contributed by atoms with E-state index in [9.17, 15) is 4.79 Å². The predicted molar refractivity (Wildman–Crippen MR) is 87.5 cm³/mol. The fourth-order valence-corrected chi connectivity index (χ4v) is 2.08. The number of nitrogens with one attached hydrogen (secondary N) is 1. The van der Waals surface area contributed by atoms with Gasteiger partial charge >= 0.3 is 0 Å². The Kier molecular flexibility index (Phi) is 7.19. The normalized spacial score (nSPS) is 13.6. The van der Waals surface area contributed by atoms with Crippen molar-refractivity contribution in [3.8, 4) is 0 Å². The Morgan fingerprint density at radius 3 is 2.43 bits per heavy atom. The number of amides is 1. The molecule has 0 aliphatic heterocycles. The zero-order valence-corrected chi connectivity index (χ0v) is 13.2. The Hall–Kier alpha value is -1.59. The van der Waals surface area contributed by atoms with Gasteiger partial charge in [-0.25, -0.2) is 0 Å². The lowest BCUT2D eigenvalue weighted by Gasteiger charge is -2.22. The van der Waals surface area contributed by atoms with Crippen molar-refractivity contribution in [3.05, 3.63) is 24.3 Å². The minimum atomic E-state index is -0.490. The van der Waals surface area contributed by atoms with E-state index >= 15 is 0 Å². The molecular weight excluding hydrogens is 266 g/mol. The van der Waals surface area contributed by atoms with Crippen molar-refractivity contribution in [1.29, 1.82) is 0 Å². The van der Waals surface area contributed by atoms with E-state index in [-0.39, 0.29) is 18.4 Å². The van der Waals surface area contributed by atoms with Gasteiger partial charge in [0.1, 0.15) is 0 Å². The number of nitrogens with two attached hydrogens (primary N) is 1. The van der Waals surface area contributed by atoms with Crippen LogP contribution in [0.2, 0.25) is 0 Å². The molecule has 0 fully saturated rings. The molecule has 2 atom stereocenters. The minimum absolute atomic E-state index is 0.121. The van der Waals surface area contributed by atoms with Gasteiger partial charge in [0.2, 0.25) is 5.91 Å². The molecule has 0 aliphatic rings. The quantitative estimate of drug-likeness (QED) is 0.683. The van der Waals surface area contributed by atoms with Crippen LogP contribution in [0, 0.1) is 5.92 Å². The largest absolute Gasteiger partial charge is 0.395 e. The summed E-state index contributed by atoms with van der Waals surface area (Å²) in [5.74, 6) is 0.00390. The number of nitrogens with zero attached hydrogens (tertiary/aromatic N) is 1. The summed E-state index contributed by atoms with van der Waals surface area (Å²) in [6.07, 6.45) is 0.875. The highest BCUT2D eigenvalue weighted by molar-refractivity contribution is 5.95. The third-order valence-electron chi connectivity index (χ3n) is 3.81. The second-order valence-electron chi connectivity index (χ2n) is 5.25. The van der Waals surface area contributed by atoms with Gasteiger partial charge in [0.25, 0.3) is 0 Å². The van der Waals surface area contributed by atoms with E-state index in [0.29, 0.717) is 6.54 Å². The van der Waals surface area contributed by atoms with Crippen LogP contribution >= 0.6 is 0 Å². The molecular formula is C16H27N3O2. The molecule has 1 aromatic rings. The van der Waals surface area contributed by atoms with Gasteiger partial charge in [-0.2, -0.15) is 0 Å². The van der Waals surface area contributed by atoms with E-state index in [1.54, 1.807) is 0 Å². The summed E-state index contributed by atoms with van der Waals surface area (Å²) < 4.78 is 0. The fourth-order valence-electron chi connectivity index (χ4n) is 2.08. The van der Waals surface area contributed by atoms with E-state index in [2.05, 4.69) is 10.2 Å². The van der Waals surface area contributed by atoms with Crippen LogP contribution in [0.4, 0.5) is 11.4 Å². The van der Waals surface area contributed by atoms with E-state index in [0.717, 1.165) is 24.3 Å². The molecule has 0 saturated heterocycles. The second kappa shape index (κ2) is 8.64. The first-order valence-corrected chi connectivity index (χ1v) is 7.55. The van der Waals surface area contributed by atoms with Crippen molar-refractivity contribution in [2.75, 3.05) is 29.9 Å². The first kappa shape index (κ1) is 17.5. The van der Waals surface area contributed by atoms with Crippen LogP contribution < -0.4 is 16.0 Å². The van der Waals surface area contributed by atoms with Crippen molar-refractivity contribution < 1.29 is 9.90 Å². The summed E-state index contributed by atoms with van der Waals surface area (Å²) in [6.45, 7) is 7.58. The third kappa shape index (κ3) is 5.02. The Morgan fingerprint density at radius 2 is 1.95 bits per heavy atom. The molecule has 1 rings (SSSR count). The van der Waals surface area contributed by atoms with Crippen molar-refractivity contribution >= 4 is 17.3 Å². The summed E-state index contributed by atoms with van der Waals surface area (Å²) in [6, 6.07) is 7.09. The van der Waals surface area contributed by atoms with Crippen LogP contribution in [-0.2, 0) is 4.79 Å². The highest BCUT2D eigenvalue weighted by atomic mass is 16.3. The summed E-state index contributed by atoms with van der Waals surface area (Å²) in [5, 5.41) is 11.9. The van der Waals surface area contributed by atoms with Crippen LogP contribution in [0.5, 0.6) is 0 Å². The zero-order valence-electron chi connectivity index (χ0n) is 13.2.